The zero-order chi connectivity index (χ0) is 18.1. The number of carbonyl (C=O) groups excluding carboxylic acids is 2. The van der Waals surface area contributed by atoms with Crippen molar-refractivity contribution in [3.63, 3.8) is 0 Å². The van der Waals surface area contributed by atoms with Crippen LogP contribution in [0.4, 0.5) is 5.13 Å². The number of thiazole rings is 1. The highest BCUT2D eigenvalue weighted by atomic mass is 32.1. The van der Waals surface area contributed by atoms with Crippen molar-refractivity contribution in [2.75, 3.05) is 11.9 Å². The lowest BCUT2D eigenvalue weighted by atomic mass is 10.2. The van der Waals surface area contributed by atoms with Crippen molar-refractivity contribution in [1.29, 1.82) is 0 Å². The van der Waals surface area contributed by atoms with Crippen LogP contribution in [0.2, 0.25) is 0 Å². The van der Waals surface area contributed by atoms with E-state index in [0.717, 1.165) is 30.0 Å². The normalized spacial score (nSPS) is 16.8. The molecular formula is C18H18N4O2S2. The van der Waals surface area contributed by atoms with Gasteiger partial charge in [-0.3, -0.25) is 14.9 Å². The molecule has 0 unspecified atom stereocenters. The first-order chi connectivity index (χ1) is 12.6. The molecule has 0 bridgehead atoms. The Balaban J connectivity index is 1.49. The van der Waals surface area contributed by atoms with Gasteiger partial charge in [-0.25, -0.2) is 4.98 Å². The fraction of sp³-hybridized carbons (Fsp3) is 0.278. The zero-order valence-electron chi connectivity index (χ0n) is 14.2. The summed E-state index contributed by atoms with van der Waals surface area (Å²) in [6, 6.07) is 7.43. The van der Waals surface area contributed by atoms with Crippen molar-refractivity contribution in [3.8, 4) is 0 Å². The highest BCUT2D eigenvalue weighted by Gasteiger charge is 2.32. The average molecular weight is 387 g/mol. The standard InChI is InChI=1S/C18H18N4O2S2/c1-11-10-25-18(20-11)21-16(23)15-7-6-14(26-15)13-5-3-9-22(13)17(24)12-4-2-8-19-12/h2,4,6-8,10,13,19H,3,5,9H2,1H3,(H,20,21,23)/t13-/m0/s1. The first-order valence-corrected chi connectivity index (χ1v) is 10.1. The molecule has 3 aromatic heterocycles. The molecule has 0 aliphatic carbocycles. The lowest BCUT2D eigenvalue weighted by molar-refractivity contribution is 0.0732. The minimum atomic E-state index is -0.157. The predicted molar refractivity (Wildman–Crippen MR) is 103 cm³/mol. The van der Waals surface area contributed by atoms with Gasteiger partial charge in [0, 0.05) is 23.0 Å². The maximum absolute atomic E-state index is 12.7. The van der Waals surface area contributed by atoms with Crippen molar-refractivity contribution in [2.24, 2.45) is 0 Å². The Morgan fingerprint density at radius 2 is 2.23 bits per heavy atom. The molecule has 8 heteroatoms. The smallest absolute Gasteiger partial charge is 0.270 e. The second-order valence-corrected chi connectivity index (χ2v) is 8.16. The van der Waals surface area contributed by atoms with Crippen molar-refractivity contribution >= 4 is 39.6 Å². The van der Waals surface area contributed by atoms with E-state index in [1.54, 1.807) is 12.3 Å². The number of H-pyrrole nitrogens is 1. The van der Waals surface area contributed by atoms with E-state index in [4.69, 9.17) is 0 Å². The predicted octanol–water partition coefficient (Wildman–Crippen LogP) is 4.07. The zero-order valence-corrected chi connectivity index (χ0v) is 15.8. The third kappa shape index (κ3) is 3.30. The number of thiophene rings is 1. The van der Waals surface area contributed by atoms with Gasteiger partial charge in [0.2, 0.25) is 0 Å². The number of nitrogens with one attached hydrogen (secondary N) is 2. The summed E-state index contributed by atoms with van der Waals surface area (Å²) in [4.78, 5) is 35.9. The number of aromatic amines is 1. The SMILES string of the molecule is Cc1csc(NC(=O)c2ccc([C@@H]3CCCN3C(=O)c3ccc[nH]3)s2)n1. The number of rotatable bonds is 4. The molecule has 134 valence electrons. The van der Waals surface area contributed by atoms with E-state index in [0.29, 0.717) is 15.7 Å². The van der Waals surface area contributed by atoms with Crippen LogP contribution < -0.4 is 5.32 Å². The second-order valence-electron chi connectivity index (χ2n) is 6.19. The summed E-state index contributed by atoms with van der Waals surface area (Å²) in [5.74, 6) is -0.147. The van der Waals surface area contributed by atoms with E-state index in [-0.39, 0.29) is 17.9 Å². The van der Waals surface area contributed by atoms with Crippen molar-refractivity contribution in [2.45, 2.75) is 25.8 Å². The highest BCUT2D eigenvalue weighted by molar-refractivity contribution is 7.15. The van der Waals surface area contributed by atoms with Crippen LogP contribution in [0.3, 0.4) is 0 Å². The third-order valence-corrected chi connectivity index (χ3v) is 6.42. The Labute approximate surface area is 158 Å². The second kappa shape index (κ2) is 7.05. The summed E-state index contributed by atoms with van der Waals surface area (Å²) < 4.78 is 0. The van der Waals surface area contributed by atoms with E-state index < -0.39 is 0 Å². The van der Waals surface area contributed by atoms with Gasteiger partial charge < -0.3 is 9.88 Å². The highest BCUT2D eigenvalue weighted by Crippen LogP contribution is 2.37. The van der Waals surface area contributed by atoms with Crippen LogP contribution in [0.1, 0.15) is 49.6 Å². The molecule has 0 saturated carbocycles. The molecular weight excluding hydrogens is 368 g/mol. The maximum Gasteiger partial charge on any atom is 0.270 e. The van der Waals surface area contributed by atoms with Crippen LogP contribution in [0.25, 0.3) is 0 Å². The van der Waals surface area contributed by atoms with Crippen LogP contribution in [0.15, 0.2) is 35.8 Å². The number of nitrogens with zero attached hydrogens (tertiary/aromatic N) is 2. The maximum atomic E-state index is 12.7. The van der Waals surface area contributed by atoms with Gasteiger partial charge in [-0.15, -0.1) is 22.7 Å². The van der Waals surface area contributed by atoms with Crippen LogP contribution in [0, 0.1) is 6.92 Å². The van der Waals surface area contributed by atoms with Crippen LogP contribution >= 0.6 is 22.7 Å². The number of hydrogen-bond acceptors (Lipinski definition) is 5. The molecule has 0 aromatic carbocycles. The minimum Gasteiger partial charge on any atom is -0.357 e. The number of hydrogen-bond donors (Lipinski definition) is 2. The topological polar surface area (TPSA) is 78.1 Å². The Bertz CT molecular complexity index is 929. The lowest BCUT2D eigenvalue weighted by Crippen LogP contribution is -2.30. The molecule has 0 spiro atoms. The summed E-state index contributed by atoms with van der Waals surface area (Å²) in [5, 5.41) is 5.34. The molecule has 1 aliphatic heterocycles. The summed E-state index contributed by atoms with van der Waals surface area (Å²) in [6.45, 7) is 2.63. The van der Waals surface area contributed by atoms with Gasteiger partial charge in [-0.05, 0) is 44.0 Å². The molecule has 1 atom stereocenters. The Morgan fingerprint density at radius 1 is 1.35 bits per heavy atom. The van der Waals surface area contributed by atoms with Gasteiger partial charge in [0.05, 0.1) is 16.6 Å². The number of amides is 2. The molecule has 4 heterocycles. The number of aryl methyl sites for hydroxylation is 1. The van der Waals surface area contributed by atoms with Crippen molar-refractivity contribution in [3.05, 3.63) is 57.0 Å². The number of anilines is 1. The first kappa shape index (κ1) is 17.0. The largest absolute Gasteiger partial charge is 0.357 e. The molecule has 2 amide bonds. The van der Waals surface area contributed by atoms with E-state index in [9.17, 15) is 9.59 Å². The molecule has 1 fully saturated rings. The van der Waals surface area contributed by atoms with Gasteiger partial charge >= 0.3 is 0 Å². The van der Waals surface area contributed by atoms with E-state index >= 15 is 0 Å². The molecule has 1 saturated heterocycles. The summed E-state index contributed by atoms with van der Waals surface area (Å²) in [6.07, 6.45) is 3.64. The van der Waals surface area contributed by atoms with Gasteiger partial charge in [0.25, 0.3) is 11.8 Å². The fourth-order valence-corrected chi connectivity index (χ4v) is 4.88. The van der Waals surface area contributed by atoms with Crippen molar-refractivity contribution < 1.29 is 9.59 Å². The Hall–Kier alpha value is -2.45. The molecule has 0 radical (unpaired) electrons. The number of carbonyl (C=O) groups is 2. The van der Waals surface area contributed by atoms with Crippen molar-refractivity contribution in [1.82, 2.24) is 14.9 Å². The molecule has 3 aromatic rings. The summed E-state index contributed by atoms with van der Waals surface area (Å²) >= 11 is 2.86. The number of likely N-dealkylation sites (tertiary alicyclic amines) is 1. The summed E-state index contributed by atoms with van der Waals surface area (Å²) in [5.41, 5.74) is 1.49. The fourth-order valence-electron chi connectivity index (χ4n) is 3.15. The molecule has 6 nitrogen and oxygen atoms in total. The van der Waals surface area contributed by atoms with Crippen LogP contribution in [-0.4, -0.2) is 33.2 Å². The van der Waals surface area contributed by atoms with E-state index in [2.05, 4.69) is 15.3 Å². The average Bonchev–Trinajstić information content (AvgIpc) is 3.40. The minimum absolute atomic E-state index is 0.00941. The van der Waals surface area contributed by atoms with Crippen LogP contribution in [0.5, 0.6) is 0 Å². The Morgan fingerprint density at radius 3 is 2.96 bits per heavy atom. The molecule has 1 aliphatic rings. The van der Waals surface area contributed by atoms with Gasteiger partial charge in [-0.2, -0.15) is 0 Å². The molecule has 2 N–H and O–H groups in total. The molecule has 4 rings (SSSR count). The third-order valence-electron chi connectivity index (χ3n) is 4.36. The summed E-state index contributed by atoms with van der Waals surface area (Å²) in [7, 11) is 0. The van der Waals surface area contributed by atoms with Gasteiger partial charge in [0.15, 0.2) is 5.13 Å². The van der Waals surface area contributed by atoms with Crippen LogP contribution in [-0.2, 0) is 0 Å². The van der Waals surface area contributed by atoms with E-state index in [1.165, 1.54) is 22.7 Å². The quantitative estimate of drug-likeness (QED) is 0.709. The number of aromatic nitrogens is 2. The Kier molecular flexibility index (Phi) is 4.60. The molecule has 26 heavy (non-hydrogen) atoms. The lowest BCUT2D eigenvalue weighted by Gasteiger charge is -2.23. The van der Waals surface area contributed by atoms with E-state index in [1.807, 2.05) is 35.4 Å². The monoisotopic (exact) mass is 386 g/mol. The van der Waals surface area contributed by atoms with Gasteiger partial charge in [-0.1, -0.05) is 0 Å². The first-order valence-electron chi connectivity index (χ1n) is 8.39. The van der Waals surface area contributed by atoms with Gasteiger partial charge in [0.1, 0.15) is 5.69 Å².